The van der Waals surface area contributed by atoms with Gasteiger partial charge >= 0.3 is 39.5 Å². The summed E-state index contributed by atoms with van der Waals surface area (Å²) in [5, 5.41) is 10.6. The van der Waals surface area contributed by atoms with E-state index < -0.39 is 97.5 Å². The molecule has 0 rings (SSSR count). The Labute approximate surface area is 556 Å². The maximum absolute atomic E-state index is 13.0. The van der Waals surface area contributed by atoms with Gasteiger partial charge in [-0.25, -0.2) is 9.13 Å². The summed E-state index contributed by atoms with van der Waals surface area (Å²) in [7, 11) is -9.90. The summed E-state index contributed by atoms with van der Waals surface area (Å²) < 4.78 is 68.3. The largest absolute Gasteiger partial charge is 0.472 e. The molecule has 91 heavy (non-hydrogen) atoms. The molecule has 0 aliphatic carbocycles. The number of aliphatic hydroxyl groups excluding tert-OH is 1. The zero-order valence-electron chi connectivity index (χ0n) is 59.5. The van der Waals surface area contributed by atoms with Gasteiger partial charge < -0.3 is 33.8 Å². The molecule has 0 amide bonds. The highest BCUT2D eigenvalue weighted by molar-refractivity contribution is 7.47. The van der Waals surface area contributed by atoms with Crippen LogP contribution in [0.15, 0.2) is 0 Å². The molecule has 0 spiro atoms. The van der Waals surface area contributed by atoms with Gasteiger partial charge in [0.15, 0.2) is 12.2 Å². The lowest BCUT2D eigenvalue weighted by atomic mass is 10.0. The van der Waals surface area contributed by atoms with Gasteiger partial charge in [-0.2, -0.15) is 0 Å². The number of esters is 4. The topological polar surface area (TPSA) is 237 Å². The van der Waals surface area contributed by atoms with Crippen molar-refractivity contribution in [2.45, 2.75) is 375 Å². The SMILES string of the molecule is CC(C)CCCCCCCCCCCCCCCCCC(=O)O[C@H](COC(=O)CCCCCCCCCC(C)C)COP(=O)(O)OCC(O)COP(=O)(O)OC[C@@H](COC(=O)CCCCCCCCCC(C)C)OC(=O)CCCCCCCCCCCCC(C)C. The third kappa shape index (κ3) is 66.5. The van der Waals surface area contributed by atoms with Gasteiger partial charge in [0, 0.05) is 25.7 Å². The number of phosphoric acid groups is 2. The van der Waals surface area contributed by atoms with Crippen molar-refractivity contribution in [1.29, 1.82) is 0 Å². The van der Waals surface area contributed by atoms with Crippen LogP contribution in [0.1, 0.15) is 357 Å². The van der Waals surface area contributed by atoms with Crippen molar-refractivity contribution < 1.29 is 80.2 Å². The zero-order valence-corrected chi connectivity index (χ0v) is 61.3. The highest BCUT2D eigenvalue weighted by Crippen LogP contribution is 2.45. The normalized spacial score (nSPS) is 14.2. The first kappa shape index (κ1) is 89.1. The number of hydrogen-bond acceptors (Lipinski definition) is 15. The van der Waals surface area contributed by atoms with Gasteiger partial charge in [-0.3, -0.25) is 37.3 Å². The Bertz CT molecular complexity index is 1800. The molecule has 0 aromatic rings. The second-order valence-corrected chi connectivity index (χ2v) is 30.8. The first-order chi connectivity index (χ1) is 43.6. The Balaban J connectivity index is 5.22. The van der Waals surface area contributed by atoms with Gasteiger partial charge in [0.2, 0.25) is 0 Å². The number of rotatable bonds is 69. The number of carbonyl (C=O) groups excluding carboxylic acids is 4. The average Bonchev–Trinajstić information content (AvgIpc) is 3.58. The van der Waals surface area contributed by atoms with E-state index in [4.69, 9.17) is 37.0 Å². The maximum Gasteiger partial charge on any atom is 0.472 e. The van der Waals surface area contributed by atoms with Crippen LogP contribution < -0.4 is 0 Å². The first-order valence-electron chi connectivity index (χ1n) is 37.2. The number of ether oxygens (including phenoxy) is 4. The molecule has 0 radical (unpaired) electrons. The number of aliphatic hydroxyl groups is 1. The minimum Gasteiger partial charge on any atom is -0.462 e. The van der Waals surface area contributed by atoms with Crippen LogP contribution in [0.5, 0.6) is 0 Å². The number of hydrogen-bond donors (Lipinski definition) is 3. The van der Waals surface area contributed by atoms with Crippen molar-refractivity contribution in [3.05, 3.63) is 0 Å². The monoisotopic (exact) mass is 1340 g/mol. The number of unbranched alkanes of at least 4 members (excludes halogenated alkanes) is 35. The predicted octanol–water partition coefficient (Wildman–Crippen LogP) is 20.5. The van der Waals surface area contributed by atoms with Crippen LogP contribution in [0, 0.1) is 23.7 Å². The van der Waals surface area contributed by atoms with Gasteiger partial charge in [-0.1, -0.05) is 306 Å². The lowest BCUT2D eigenvalue weighted by molar-refractivity contribution is -0.161. The summed E-state index contributed by atoms with van der Waals surface area (Å²) in [4.78, 5) is 72.6. The van der Waals surface area contributed by atoms with Crippen molar-refractivity contribution in [3.63, 3.8) is 0 Å². The van der Waals surface area contributed by atoms with Gasteiger partial charge in [0.25, 0.3) is 0 Å². The molecule has 0 fully saturated rings. The van der Waals surface area contributed by atoms with E-state index in [9.17, 15) is 43.2 Å². The van der Waals surface area contributed by atoms with E-state index in [0.717, 1.165) is 115 Å². The molecular weight excluding hydrogens is 1200 g/mol. The summed E-state index contributed by atoms with van der Waals surface area (Å²) in [6, 6.07) is 0. The standard InChI is InChI=1S/C72H140O17P2/c1-62(2)48-40-32-24-18-14-12-10-9-11-13-15-20-28-38-46-54-71(76)88-67(58-82-69(74)52-44-36-30-22-26-34-42-50-64(5)6)60-86-90(78,79)84-56-66(73)57-85-91(80,81)87-61-68(59-83-70(75)53-45-37-31-23-27-35-43-51-65(7)8)89-72(77)55-47-39-29-21-17-16-19-25-33-41-49-63(3)4/h62-68,73H,9-61H2,1-8H3,(H,78,79)(H,80,81)/t66?,67-,68-/m1/s1. The van der Waals surface area contributed by atoms with Crippen LogP contribution in [0.4, 0.5) is 0 Å². The van der Waals surface area contributed by atoms with E-state index in [2.05, 4.69) is 55.4 Å². The fraction of sp³-hybridized carbons (Fsp3) is 0.944. The minimum absolute atomic E-state index is 0.105. The molecule has 17 nitrogen and oxygen atoms in total. The summed E-state index contributed by atoms with van der Waals surface area (Å²) in [6.45, 7) is 14.1. The highest BCUT2D eigenvalue weighted by atomic mass is 31.2. The van der Waals surface area contributed by atoms with Crippen LogP contribution in [0.3, 0.4) is 0 Å². The first-order valence-corrected chi connectivity index (χ1v) is 40.2. The van der Waals surface area contributed by atoms with Crippen molar-refractivity contribution in [3.8, 4) is 0 Å². The molecule has 5 atom stereocenters. The van der Waals surface area contributed by atoms with Crippen LogP contribution in [0.25, 0.3) is 0 Å². The smallest absolute Gasteiger partial charge is 0.462 e. The van der Waals surface area contributed by atoms with Crippen LogP contribution in [-0.2, 0) is 65.4 Å². The molecule has 0 bridgehead atoms. The van der Waals surface area contributed by atoms with Gasteiger partial charge in [0.1, 0.15) is 19.3 Å². The minimum atomic E-state index is -4.95. The Morgan fingerprint density at radius 2 is 0.462 bits per heavy atom. The molecule has 3 unspecified atom stereocenters. The zero-order chi connectivity index (χ0) is 67.5. The second-order valence-electron chi connectivity index (χ2n) is 27.9. The highest BCUT2D eigenvalue weighted by Gasteiger charge is 2.30. The molecule has 0 aliphatic rings. The Morgan fingerprint density at radius 3 is 0.681 bits per heavy atom. The van der Waals surface area contributed by atoms with E-state index >= 15 is 0 Å². The molecule has 540 valence electrons. The molecule has 0 aromatic carbocycles. The van der Waals surface area contributed by atoms with Crippen molar-refractivity contribution in [2.24, 2.45) is 23.7 Å². The molecule has 3 N–H and O–H groups in total. The van der Waals surface area contributed by atoms with E-state index in [1.54, 1.807) is 0 Å². The third-order valence-electron chi connectivity index (χ3n) is 16.6. The predicted molar refractivity (Wildman–Crippen MR) is 367 cm³/mol. The molecule has 0 aromatic heterocycles. The number of carbonyl (C=O) groups is 4. The van der Waals surface area contributed by atoms with E-state index in [1.165, 1.54) is 148 Å². The molecule has 0 saturated heterocycles. The van der Waals surface area contributed by atoms with Crippen molar-refractivity contribution in [2.75, 3.05) is 39.6 Å². The molecule has 0 saturated carbocycles. The maximum atomic E-state index is 13.0. The van der Waals surface area contributed by atoms with E-state index in [-0.39, 0.29) is 25.7 Å². The molecule has 0 aliphatic heterocycles. The van der Waals surface area contributed by atoms with Gasteiger partial charge in [0.05, 0.1) is 26.4 Å². The van der Waals surface area contributed by atoms with Gasteiger partial charge in [-0.15, -0.1) is 0 Å². The fourth-order valence-electron chi connectivity index (χ4n) is 10.8. The Morgan fingerprint density at radius 1 is 0.275 bits per heavy atom. The quantitative estimate of drug-likeness (QED) is 0.0222. The van der Waals surface area contributed by atoms with Crippen molar-refractivity contribution in [1.82, 2.24) is 0 Å². The lowest BCUT2D eigenvalue weighted by Gasteiger charge is -2.21. The van der Waals surface area contributed by atoms with Crippen LogP contribution in [-0.4, -0.2) is 96.7 Å². The van der Waals surface area contributed by atoms with E-state index in [0.29, 0.717) is 37.5 Å². The summed E-state index contributed by atoms with van der Waals surface area (Å²) in [5.74, 6) is 0.836. The van der Waals surface area contributed by atoms with Crippen LogP contribution in [0.2, 0.25) is 0 Å². The van der Waals surface area contributed by atoms with Crippen molar-refractivity contribution >= 4 is 39.5 Å². The number of phosphoric ester groups is 2. The Hall–Kier alpha value is -1.94. The summed E-state index contributed by atoms with van der Waals surface area (Å²) in [6.07, 6.45) is 44.6. The van der Waals surface area contributed by atoms with E-state index in [1.807, 2.05) is 0 Å². The fourth-order valence-corrected chi connectivity index (χ4v) is 12.4. The second kappa shape index (κ2) is 61.6. The summed E-state index contributed by atoms with van der Waals surface area (Å²) >= 11 is 0. The molecule has 19 heteroatoms. The van der Waals surface area contributed by atoms with Gasteiger partial charge in [-0.05, 0) is 49.4 Å². The van der Waals surface area contributed by atoms with Crippen LogP contribution >= 0.6 is 15.6 Å². The lowest BCUT2D eigenvalue weighted by Crippen LogP contribution is -2.30. The summed E-state index contributed by atoms with van der Waals surface area (Å²) in [5.41, 5.74) is 0. The average molecular weight is 1340 g/mol. The third-order valence-corrected chi connectivity index (χ3v) is 18.5. The Kier molecular flexibility index (Phi) is 60.3. The molecule has 0 heterocycles. The molecular formula is C72H140O17P2.